The van der Waals surface area contributed by atoms with Crippen LogP contribution in [-0.4, -0.2) is 98.0 Å². The second-order valence-electron chi connectivity index (χ2n) is 18.1. The average molecular weight is 877 g/mol. The largest absolute Gasteiger partial charge is 0.334 e. The van der Waals surface area contributed by atoms with Crippen LogP contribution in [-0.2, 0) is 0 Å². The fourth-order valence-corrected chi connectivity index (χ4v) is 11.0. The Labute approximate surface area is 382 Å². The van der Waals surface area contributed by atoms with E-state index in [1.54, 1.807) is 46.0 Å². The number of fused-ring (bicyclic) bond motifs is 4. The molecule has 2 aliphatic carbocycles. The molecular weight excluding hydrogens is 825 g/mol. The summed E-state index contributed by atoms with van der Waals surface area (Å²) in [6.45, 7) is 1.54. The molecule has 2 aliphatic heterocycles. The molecule has 4 N–H and O–H groups in total. The fourth-order valence-electron chi connectivity index (χ4n) is 11.0. The highest BCUT2D eigenvalue weighted by molar-refractivity contribution is 5.97. The summed E-state index contributed by atoms with van der Waals surface area (Å²) in [5.41, 5.74) is 22.3. The summed E-state index contributed by atoms with van der Waals surface area (Å²) in [5, 5.41) is 8.90. The van der Waals surface area contributed by atoms with Crippen molar-refractivity contribution in [3.05, 3.63) is 145 Å². The summed E-state index contributed by atoms with van der Waals surface area (Å²) >= 11 is 0. The lowest BCUT2D eigenvalue weighted by atomic mass is 9.90. The minimum absolute atomic E-state index is 0.0418. The number of carbonyl (C=O) groups excluding carboxylic acids is 2. The maximum Gasteiger partial charge on any atom is 0.254 e. The van der Waals surface area contributed by atoms with Crippen LogP contribution in [0.2, 0.25) is 0 Å². The zero-order chi connectivity index (χ0) is 44.7. The molecule has 4 aliphatic rings. The first-order chi connectivity index (χ1) is 32.4. The van der Waals surface area contributed by atoms with E-state index in [4.69, 9.17) is 21.4 Å². The molecule has 2 amide bonds. The summed E-state index contributed by atoms with van der Waals surface area (Å²) < 4.78 is 3.48. The number of likely N-dealkylation sites (tertiary alicyclic amines) is 2. The number of rotatable bonds is 6. The predicted octanol–water partition coefficient (Wildman–Crippen LogP) is 7.60. The van der Waals surface area contributed by atoms with E-state index in [1.165, 1.54) is 12.8 Å². The minimum atomic E-state index is 0.0418. The van der Waals surface area contributed by atoms with Gasteiger partial charge in [0.05, 0.1) is 46.3 Å². The van der Waals surface area contributed by atoms with E-state index in [-0.39, 0.29) is 36.0 Å². The molecule has 2 saturated carbocycles. The lowest BCUT2D eigenvalue weighted by Crippen LogP contribution is -2.53. The number of hydrogen-bond acceptors (Lipinski definition) is 10. The van der Waals surface area contributed by atoms with Crippen molar-refractivity contribution in [2.75, 3.05) is 13.1 Å². The third-order valence-corrected chi connectivity index (χ3v) is 14.2. The van der Waals surface area contributed by atoms with Gasteiger partial charge in [-0.05, 0) is 99.6 Å². The molecule has 14 nitrogen and oxygen atoms in total. The molecule has 6 aromatic heterocycles. The summed E-state index contributed by atoms with van der Waals surface area (Å²) in [6.07, 6.45) is 19.4. The second kappa shape index (κ2) is 17.7. The van der Waals surface area contributed by atoms with Gasteiger partial charge in [0.1, 0.15) is 0 Å². The monoisotopic (exact) mass is 876 g/mol. The normalized spacial score (nSPS) is 22.5. The number of pyridine rings is 2. The van der Waals surface area contributed by atoms with Gasteiger partial charge in [-0.2, -0.15) is 10.2 Å². The quantitative estimate of drug-likeness (QED) is 0.169. The van der Waals surface area contributed by atoms with Crippen molar-refractivity contribution in [1.82, 2.24) is 49.0 Å². The van der Waals surface area contributed by atoms with Crippen molar-refractivity contribution < 1.29 is 9.59 Å². The molecule has 66 heavy (non-hydrogen) atoms. The lowest BCUT2D eigenvalue weighted by molar-refractivity contribution is 0.0518. The van der Waals surface area contributed by atoms with Gasteiger partial charge in [0, 0.05) is 84.3 Å². The maximum atomic E-state index is 13.5. The topological polar surface area (TPSA) is 179 Å². The van der Waals surface area contributed by atoms with E-state index in [0.29, 0.717) is 45.6 Å². The van der Waals surface area contributed by atoms with Gasteiger partial charge in [0.15, 0.2) is 11.3 Å². The Morgan fingerprint density at radius 1 is 0.515 bits per heavy atom. The SMILES string of the molecule is N[C@@H]1CC[C@H]2CCCN(C(=O)c3ccnc(-c4cnn5ccc(-c6ccccc6)nc45)c3)[C@H]21.N[C@H]1CC[C@H]2CCCN(C(=O)c3ccnc(-c4cnn5ccc(-c6ccccc6)nc45)c3)[C@H]21. The molecule has 4 fully saturated rings. The van der Waals surface area contributed by atoms with Crippen LogP contribution in [0.3, 0.4) is 0 Å². The molecule has 2 saturated heterocycles. The molecule has 2 aromatic carbocycles. The zero-order valence-electron chi connectivity index (χ0n) is 36.7. The van der Waals surface area contributed by atoms with Crippen LogP contribution in [0.4, 0.5) is 0 Å². The molecule has 0 radical (unpaired) electrons. The Kier molecular flexibility index (Phi) is 11.1. The number of nitrogens with two attached hydrogens (primary N) is 2. The first-order valence-electron chi connectivity index (χ1n) is 23.2. The summed E-state index contributed by atoms with van der Waals surface area (Å²) in [7, 11) is 0. The highest BCUT2D eigenvalue weighted by Gasteiger charge is 2.43. The highest BCUT2D eigenvalue weighted by atomic mass is 16.2. The minimum Gasteiger partial charge on any atom is -0.334 e. The Balaban J connectivity index is 0.000000146. The summed E-state index contributed by atoms with van der Waals surface area (Å²) in [5.74, 6) is 1.14. The first kappa shape index (κ1) is 41.5. The van der Waals surface area contributed by atoms with Crippen LogP contribution in [0.1, 0.15) is 72.1 Å². The number of piperidine rings is 2. The van der Waals surface area contributed by atoms with E-state index in [1.807, 2.05) is 107 Å². The molecule has 12 rings (SSSR count). The van der Waals surface area contributed by atoms with Crippen LogP contribution < -0.4 is 11.5 Å². The van der Waals surface area contributed by atoms with Crippen molar-refractivity contribution in [1.29, 1.82) is 0 Å². The van der Waals surface area contributed by atoms with Gasteiger partial charge >= 0.3 is 0 Å². The Bertz CT molecular complexity index is 2830. The van der Waals surface area contributed by atoms with Crippen molar-refractivity contribution >= 4 is 23.1 Å². The Morgan fingerprint density at radius 3 is 1.39 bits per heavy atom. The number of hydrogen-bond donors (Lipinski definition) is 2. The Morgan fingerprint density at radius 2 is 0.955 bits per heavy atom. The molecule has 0 spiro atoms. The van der Waals surface area contributed by atoms with Crippen LogP contribution in [0, 0.1) is 11.8 Å². The van der Waals surface area contributed by atoms with E-state index in [9.17, 15) is 9.59 Å². The van der Waals surface area contributed by atoms with E-state index in [2.05, 4.69) is 20.2 Å². The fraction of sp³-hybridized carbons (Fsp3) is 0.308. The molecule has 332 valence electrons. The molecule has 8 heterocycles. The molecule has 6 atom stereocenters. The zero-order valence-corrected chi connectivity index (χ0v) is 36.7. The van der Waals surface area contributed by atoms with Gasteiger partial charge in [0.2, 0.25) is 0 Å². The van der Waals surface area contributed by atoms with Crippen LogP contribution in [0.5, 0.6) is 0 Å². The van der Waals surface area contributed by atoms with Crippen molar-refractivity contribution in [3.63, 3.8) is 0 Å². The maximum absolute atomic E-state index is 13.5. The smallest absolute Gasteiger partial charge is 0.254 e. The number of nitrogens with zero attached hydrogens (tertiary/aromatic N) is 10. The van der Waals surface area contributed by atoms with Gasteiger partial charge in [-0.25, -0.2) is 19.0 Å². The molecule has 8 aromatic rings. The van der Waals surface area contributed by atoms with Crippen molar-refractivity contribution in [3.8, 4) is 45.0 Å². The standard InChI is InChI=1S/2C26H26N6O/c2*27-21-9-8-18-7-4-13-31(24(18)21)26(33)19-10-12-28-23(15-19)20-16-29-32-14-11-22(30-25(20)32)17-5-2-1-3-6-17/h2*1-3,5-6,10-12,14-16,18,21,24H,4,7-9,13,27H2/t18-,21+,24-;18-,21-,24-/m11/s1. The van der Waals surface area contributed by atoms with Gasteiger partial charge in [-0.3, -0.25) is 19.6 Å². The second-order valence-corrected chi connectivity index (χ2v) is 18.1. The van der Waals surface area contributed by atoms with Crippen LogP contribution in [0.15, 0.2) is 134 Å². The van der Waals surface area contributed by atoms with E-state index < -0.39 is 0 Å². The van der Waals surface area contributed by atoms with Gasteiger partial charge < -0.3 is 21.3 Å². The Hall–Kier alpha value is -7.16. The van der Waals surface area contributed by atoms with Crippen molar-refractivity contribution in [2.24, 2.45) is 23.3 Å². The van der Waals surface area contributed by atoms with E-state index in [0.717, 1.165) is 85.3 Å². The third kappa shape index (κ3) is 7.79. The van der Waals surface area contributed by atoms with Gasteiger partial charge in [0.25, 0.3) is 11.8 Å². The number of amides is 2. The lowest BCUT2D eigenvalue weighted by Gasteiger charge is -2.39. The highest BCUT2D eigenvalue weighted by Crippen LogP contribution is 2.39. The summed E-state index contributed by atoms with van der Waals surface area (Å²) in [4.78, 5) is 49.9. The first-order valence-corrected chi connectivity index (χ1v) is 23.2. The number of benzene rings is 2. The summed E-state index contributed by atoms with van der Waals surface area (Å²) in [6, 6.07) is 31.7. The average Bonchev–Trinajstić information content (AvgIpc) is 4.19. The van der Waals surface area contributed by atoms with Crippen LogP contribution in [0.25, 0.3) is 56.3 Å². The van der Waals surface area contributed by atoms with E-state index >= 15 is 0 Å². The van der Waals surface area contributed by atoms with Crippen molar-refractivity contribution in [2.45, 2.75) is 75.5 Å². The third-order valence-electron chi connectivity index (χ3n) is 14.2. The van der Waals surface area contributed by atoms with Gasteiger partial charge in [-0.1, -0.05) is 60.7 Å². The molecule has 0 unspecified atom stereocenters. The molecule has 14 heteroatoms. The number of aromatic nitrogens is 8. The molecule has 0 bridgehead atoms. The number of carbonyl (C=O) groups is 2. The van der Waals surface area contributed by atoms with Gasteiger partial charge in [-0.15, -0.1) is 0 Å². The van der Waals surface area contributed by atoms with Crippen LogP contribution >= 0.6 is 0 Å². The predicted molar refractivity (Wildman–Crippen MR) is 253 cm³/mol. The molecular formula is C52H52N12O2.